The van der Waals surface area contributed by atoms with Crippen molar-refractivity contribution in [1.29, 1.82) is 0 Å². The van der Waals surface area contributed by atoms with Gasteiger partial charge < -0.3 is 9.55 Å². The van der Waals surface area contributed by atoms with Gasteiger partial charge in [0.1, 0.15) is 0 Å². The fourth-order valence-electron chi connectivity index (χ4n) is 1.90. The first-order valence-corrected chi connectivity index (χ1v) is 6.66. The van der Waals surface area contributed by atoms with Gasteiger partial charge in [0.2, 0.25) is 0 Å². The number of aryl methyl sites for hydroxylation is 2. The SMILES string of the molecule is S=c1[nH]c2ccc(Br)cc2n1CCn1ccnn1. The standard InChI is InChI=1S/C11H10BrN5S/c12-8-1-2-9-10(7-8)17(11(18)14-9)6-5-16-4-3-13-15-16/h1-4,7H,5-6H2,(H,14,18). The molecule has 18 heavy (non-hydrogen) atoms. The maximum atomic E-state index is 5.34. The molecule has 0 atom stereocenters. The predicted molar refractivity (Wildman–Crippen MR) is 74.8 cm³/mol. The van der Waals surface area contributed by atoms with Crippen LogP contribution in [0.15, 0.2) is 35.1 Å². The van der Waals surface area contributed by atoms with Gasteiger partial charge in [-0.05, 0) is 30.4 Å². The molecule has 5 nitrogen and oxygen atoms in total. The summed E-state index contributed by atoms with van der Waals surface area (Å²) in [5.41, 5.74) is 2.14. The van der Waals surface area contributed by atoms with Crippen molar-refractivity contribution in [3.8, 4) is 0 Å². The molecular formula is C11H10BrN5S. The molecule has 0 unspecified atom stereocenters. The minimum atomic E-state index is 0.725. The molecule has 92 valence electrons. The van der Waals surface area contributed by atoms with Gasteiger partial charge in [0.15, 0.2) is 4.77 Å². The highest BCUT2D eigenvalue weighted by atomic mass is 79.9. The van der Waals surface area contributed by atoms with Crippen LogP contribution in [0, 0.1) is 4.77 Å². The van der Waals surface area contributed by atoms with Crippen molar-refractivity contribution < 1.29 is 0 Å². The average molecular weight is 324 g/mol. The second kappa shape index (κ2) is 4.66. The maximum Gasteiger partial charge on any atom is 0.178 e. The second-order valence-electron chi connectivity index (χ2n) is 3.91. The van der Waals surface area contributed by atoms with E-state index in [0.717, 1.165) is 33.4 Å². The van der Waals surface area contributed by atoms with E-state index in [1.54, 1.807) is 10.9 Å². The predicted octanol–water partition coefficient (Wildman–Crippen LogP) is 2.75. The summed E-state index contributed by atoms with van der Waals surface area (Å²) in [5.74, 6) is 0. The molecule has 3 aromatic rings. The number of nitrogens with zero attached hydrogens (tertiary/aromatic N) is 4. The number of aromatic nitrogens is 5. The van der Waals surface area contributed by atoms with Crippen molar-refractivity contribution in [3.63, 3.8) is 0 Å². The lowest BCUT2D eigenvalue weighted by Crippen LogP contribution is -2.08. The van der Waals surface area contributed by atoms with Crippen molar-refractivity contribution in [2.24, 2.45) is 0 Å². The van der Waals surface area contributed by atoms with Gasteiger partial charge in [-0.1, -0.05) is 21.1 Å². The van der Waals surface area contributed by atoms with E-state index >= 15 is 0 Å². The Hall–Kier alpha value is -1.47. The van der Waals surface area contributed by atoms with Crippen LogP contribution in [0.5, 0.6) is 0 Å². The Morgan fingerprint density at radius 1 is 1.33 bits per heavy atom. The molecular weight excluding hydrogens is 314 g/mol. The quantitative estimate of drug-likeness (QED) is 0.754. The zero-order chi connectivity index (χ0) is 12.5. The normalized spacial score (nSPS) is 11.2. The summed E-state index contributed by atoms with van der Waals surface area (Å²) in [6.07, 6.45) is 3.51. The van der Waals surface area contributed by atoms with Crippen LogP contribution in [0.1, 0.15) is 0 Å². The van der Waals surface area contributed by atoms with Crippen LogP contribution in [0.4, 0.5) is 0 Å². The lowest BCUT2D eigenvalue weighted by molar-refractivity contribution is 0.523. The van der Waals surface area contributed by atoms with Crippen molar-refractivity contribution in [2.75, 3.05) is 0 Å². The molecule has 7 heteroatoms. The number of imidazole rings is 1. The van der Waals surface area contributed by atoms with Crippen molar-refractivity contribution in [3.05, 3.63) is 39.8 Å². The van der Waals surface area contributed by atoms with Gasteiger partial charge in [-0.15, -0.1) is 5.10 Å². The van der Waals surface area contributed by atoms with E-state index in [1.807, 2.05) is 18.3 Å². The summed E-state index contributed by atoms with van der Waals surface area (Å²) >= 11 is 8.81. The van der Waals surface area contributed by atoms with Crippen LogP contribution in [0.2, 0.25) is 0 Å². The fraction of sp³-hybridized carbons (Fsp3) is 0.182. The highest BCUT2D eigenvalue weighted by Gasteiger charge is 2.05. The third kappa shape index (κ3) is 2.11. The summed E-state index contributed by atoms with van der Waals surface area (Å²) in [6.45, 7) is 1.51. The van der Waals surface area contributed by atoms with Gasteiger partial charge in [-0.25, -0.2) is 0 Å². The van der Waals surface area contributed by atoms with Gasteiger partial charge in [0, 0.05) is 17.2 Å². The van der Waals surface area contributed by atoms with Crippen LogP contribution in [0.25, 0.3) is 11.0 Å². The van der Waals surface area contributed by atoms with Crippen molar-refractivity contribution in [1.82, 2.24) is 24.5 Å². The minimum absolute atomic E-state index is 0.725. The van der Waals surface area contributed by atoms with Gasteiger partial charge in [-0.3, -0.25) is 4.68 Å². The van der Waals surface area contributed by atoms with Crippen LogP contribution in [-0.4, -0.2) is 24.5 Å². The Balaban J connectivity index is 1.98. The van der Waals surface area contributed by atoms with E-state index in [4.69, 9.17) is 12.2 Å². The lowest BCUT2D eigenvalue weighted by atomic mass is 10.3. The topological polar surface area (TPSA) is 51.4 Å². The highest BCUT2D eigenvalue weighted by Crippen LogP contribution is 2.19. The zero-order valence-corrected chi connectivity index (χ0v) is 11.8. The molecule has 1 aromatic carbocycles. The summed E-state index contributed by atoms with van der Waals surface area (Å²) in [4.78, 5) is 3.20. The highest BCUT2D eigenvalue weighted by molar-refractivity contribution is 9.10. The molecule has 0 saturated heterocycles. The summed E-state index contributed by atoms with van der Waals surface area (Å²) in [6, 6.07) is 6.07. The van der Waals surface area contributed by atoms with E-state index in [-0.39, 0.29) is 0 Å². The number of hydrogen-bond acceptors (Lipinski definition) is 3. The maximum absolute atomic E-state index is 5.34. The Morgan fingerprint density at radius 2 is 2.22 bits per heavy atom. The minimum Gasteiger partial charge on any atom is -0.331 e. The van der Waals surface area contributed by atoms with Crippen LogP contribution in [0.3, 0.4) is 0 Å². The second-order valence-corrected chi connectivity index (χ2v) is 5.21. The fourth-order valence-corrected chi connectivity index (χ4v) is 2.55. The molecule has 0 saturated carbocycles. The molecule has 0 radical (unpaired) electrons. The molecule has 0 aliphatic carbocycles. The van der Waals surface area contributed by atoms with Gasteiger partial charge in [0.25, 0.3) is 0 Å². The Kier molecular flexibility index (Phi) is 3.00. The Morgan fingerprint density at radius 3 is 3.00 bits per heavy atom. The molecule has 0 fully saturated rings. The molecule has 0 bridgehead atoms. The number of aromatic amines is 1. The molecule has 2 aromatic heterocycles. The van der Waals surface area contributed by atoms with E-state index in [1.165, 1.54) is 0 Å². The van der Waals surface area contributed by atoms with Crippen LogP contribution >= 0.6 is 28.1 Å². The van der Waals surface area contributed by atoms with Crippen molar-refractivity contribution >= 4 is 39.2 Å². The number of rotatable bonds is 3. The largest absolute Gasteiger partial charge is 0.331 e. The third-order valence-corrected chi connectivity index (χ3v) is 3.58. The third-order valence-electron chi connectivity index (χ3n) is 2.76. The monoisotopic (exact) mass is 323 g/mol. The average Bonchev–Trinajstić information content (AvgIpc) is 2.94. The van der Waals surface area contributed by atoms with E-state index < -0.39 is 0 Å². The smallest absolute Gasteiger partial charge is 0.178 e. The van der Waals surface area contributed by atoms with Crippen LogP contribution in [-0.2, 0) is 13.1 Å². The molecule has 3 rings (SSSR count). The van der Waals surface area contributed by atoms with Gasteiger partial charge in [-0.2, -0.15) is 0 Å². The summed E-state index contributed by atoms with van der Waals surface area (Å²) < 4.78 is 5.62. The number of fused-ring (bicyclic) bond motifs is 1. The molecule has 0 amide bonds. The zero-order valence-electron chi connectivity index (χ0n) is 9.38. The Bertz CT molecular complexity index is 728. The Labute approximate surface area is 117 Å². The summed E-state index contributed by atoms with van der Waals surface area (Å²) in [7, 11) is 0. The molecule has 2 heterocycles. The van der Waals surface area contributed by atoms with Gasteiger partial charge >= 0.3 is 0 Å². The lowest BCUT2D eigenvalue weighted by Gasteiger charge is -2.04. The molecule has 0 spiro atoms. The molecule has 0 aliphatic heterocycles. The van der Waals surface area contributed by atoms with E-state index in [0.29, 0.717) is 0 Å². The van der Waals surface area contributed by atoms with E-state index in [9.17, 15) is 0 Å². The van der Waals surface area contributed by atoms with Crippen molar-refractivity contribution in [2.45, 2.75) is 13.1 Å². The first-order valence-electron chi connectivity index (χ1n) is 5.46. The number of hydrogen-bond donors (Lipinski definition) is 1. The number of halogens is 1. The first-order chi connectivity index (χ1) is 8.74. The van der Waals surface area contributed by atoms with Gasteiger partial charge in [0.05, 0.1) is 23.8 Å². The summed E-state index contributed by atoms with van der Waals surface area (Å²) in [5, 5.41) is 7.73. The van der Waals surface area contributed by atoms with Crippen LogP contribution < -0.4 is 0 Å². The first kappa shape index (κ1) is 11.6. The molecule has 1 N–H and O–H groups in total. The number of H-pyrrole nitrogens is 1. The van der Waals surface area contributed by atoms with E-state index in [2.05, 4.69) is 41.9 Å². The molecule has 0 aliphatic rings. The number of nitrogens with one attached hydrogen (secondary N) is 1. The number of benzene rings is 1.